The van der Waals surface area contributed by atoms with Gasteiger partial charge in [-0.25, -0.2) is 0 Å². The molecule has 0 aliphatic carbocycles. The Bertz CT molecular complexity index is 1290. The van der Waals surface area contributed by atoms with Gasteiger partial charge in [0.2, 0.25) is 0 Å². The number of nitro benzene ring substituents is 1. The van der Waals surface area contributed by atoms with Gasteiger partial charge >= 0.3 is 5.69 Å². The second-order valence-corrected chi connectivity index (χ2v) is 9.12. The Morgan fingerprint density at radius 3 is 2.35 bits per heavy atom. The number of ether oxygens (including phenoxy) is 1. The Labute approximate surface area is 197 Å². The smallest absolute Gasteiger partial charge is 0.310 e. The minimum absolute atomic E-state index is 0.110. The highest BCUT2D eigenvalue weighted by Gasteiger charge is 2.22. The molecule has 1 amide bonds. The van der Waals surface area contributed by atoms with Gasteiger partial charge < -0.3 is 20.5 Å². The van der Waals surface area contributed by atoms with Crippen molar-refractivity contribution in [3.8, 4) is 16.9 Å². The molecule has 0 radical (unpaired) electrons. The van der Waals surface area contributed by atoms with Crippen molar-refractivity contribution in [2.45, 2.75) is 39.2 Å². The minimum atomic E-state index is -0.770. The van der Waals surface area contributed by atoms with E-state index in [-0.39, 0.29) is 17.3 Å². The maximum atomic E-state index is 12.9. The van der Waals surface area contributed by atoms with Gasteiger partial charge in [0.05, 0.1) is 40.3 Å². The van der Waals surface area contributed by atoms with Crippen molar-refractivity contribution >= 4 is 28.7 Å². The van der Waals surface area contributed by atoms with Crippen LogP contribution in [0.3, 0.4) is 0 Å². The number of hydrogen-bond acceptors (Lipinski definition) is 6. The SMILES string of the molecule is COc1cc(-c2ccc3c(c2)Nc2cc(CCC(C)(C)O)c(C)cc2NC3=O)ccc1[N+](=O)[O-]. The van der Waals surface area contributed by atoms with Crippen molar-refractivity contribution < 1.29 is 19.6 Å². The number of hydrogen-bond donors (Lipinski definition) is 3. The van der Waals surface area contributed by atoms with Gasteiger partial charge in [-0.3, -0.25) is 14.9 Å². The van der Waals surface area contributed by atoms with E-state index in [1.807, 2.05) is 25.1 Å². The van der Waals surface area contributed by atoms with Crippen LogP contribution in [0.4, 0.5) is 22.7 Å². The molecular formula is C26H27N3O5. The summed E-state index contributed by atoms with van der Waals surface area (Å²) in [6.45, 7) is 5.56. The first kappa shape index (κ1) is 23.3. The van der Waals surface area contributed by atoms with Crippen molar-refractivity contribution in [1.82, 2.24) is 0 Å². The van der Waals surface area contributed by atoms with Crippen LogP contribution in [-0.2, 0) is 6.42 Å². The Morgan fingerprint density at radius 2 is 1.68 bits per heavy atom. The first-order valence-electron chi connectivity index (χ1n) is 11.0. The lowest BCUT2D eigenvalue weighted by Crippen LogP contribution is -2.19. The lowest BCUT2D eigenvalue weighted by atomic mass is 9.95. The number of fused-ring (bicyclic) bond motifs is 2. The normalized spacial score (nSPS) is 12.7. The average molecular weight is 462 g/mol. The van der Waals surface area contributed by atoms with E-state index in [0.29, 0.717) is 29.8 Å². The number of carbonyl (C=O) groups is 1. The van der Waals surface area contributed by atoms with E-state index in [1.165, 1.54) is 13.2 Å². The van der Waals surface area contributed by atoms with Gasteiger partial charge in [0.1, 0.15) is 0 Å². The van der Waals surface area contributed by atoms with Gasteiger partial charge in [0, 0.05) is 6.07 Å². The molecule has 0 saturated carbocycles. The molecule has 8 nitrogen and oxygen atoms in total. The zero-order valence-corrected chi connectivity index (χ0v) is 19.6. The lowest BCUT2D eigenvalue weighted by Gasteiger charge is -2.19. The molecule has 0 saturated heterocycles. The van der Waals surface area contributed by atoms with Crippen LogP contribution >= 0.6 is 0 Å². The molecule has 0 unspecified atom stereocenters. The second kappa shape index (κ2) is 8.79. The van der Waals surface area contributed by atoms with E-state index >= 15 is 0 Å². The molecule has 8 heteroatoms. The van der Waals surface area contributed by atoms with E-state index in [1.54, 1.807) is 38.1 Å². The van der Waals surface area contributed by atoms with Crippen molar-refractivity contribution in [2.24, 2.45) is 0 Å². The van der Waals surface area contributed by atoms with Crippen LogP contribution in [0, 0.1) is 17.0 Å². The summed E-state index contributed by atoms with van der Waals surface area (Å²) in [7, 11) is 1.39. The molecular weight excluding hydrogens is 434 g/mol. The Balaban J connectivity index is 1.72. The third-order valence-corrected chi connectivity index (χ3v) is 5.97. The van der Waals surface area contributed by atoms with Crippen molar-refractivity contribution in [3.05, 3.63) is 75.3 Å². The minimum Gasteiger partial charge on any atom is -0.490 e. The third kappa shape index (κ3) is 4.72. The molecule has 0 bridgehead atoms. The maximum Gasteiger partial charge on any atom is 0.310 e. The maximum absolute atomic E-state index is 12.9. The van der Waals surface area contributed by atoms with E-state index in [0.717, 1.165) is 27.9 Å². The third-order valence-electron chi connectivity index (χ3n) is 5.97. The summed E-state index contributed by atoms with van der Waals surface area (Å²) in [4.78, 5) is 23.6. The molecule has 3 aromatic rings. The highest BCUT2D eigenvalue weighted by atomic mass is 16.6. The molecule has 0 spiro atoms. The van der Waals surface area contributed by atoms with Crippen LogP contribution in [0.5, 0.6) is 5.75 Å². The molecule has 3 N–H and O–H groups in total. The summed E-state index contributed by atoms with van der Waals surface area (Å²) in [5.41, 5.74) is 5.32. The fourth-order valence-electron chi connectivity index (χ4n) is 4.04. The second-order valence-electron chi connectivity index (χ2n) is 9.12. The first-order chi connectivity index (χ1) is 16.1. The average Bonchev–Trinajstić information content (AvgIpc) is 2.91. The topological polar surface area (TPSA) is 114 Å². The van der Waals surface area contributed by atoms with Gasteiger partial charge in [-0.1, -0.05) is 6.07 Å². The molecule has 1 aliphatic heterocycles. The standard InChI is InChI=1S/C26H27N3O5/c1-15-11-21-22(12-16(15)9-10-26(2,3)31)27-20-13-17(5-7-19(20)25(30)28-21)18-6-8-23(29(32)33)24(14-18)34-4/h5-8,11-14,27,31H,9-10H2,1-4H3,(H,28,30). The molecule has 1 aliphatic rings. The van der Waals surface area contributed by atoms with Crippen molar-refractivity contribution in [2.75, 3.05) is 17.7 Å². The number of nitrogens with zero attached hydrogens (tertiary/aromatic N) is 1. The number of carbonyl (C=O) groups excluding carboxylic acids is 1. The van der Waals surface area contributed by atoms with Gasteiger partial charge in [-0.05, 0) is 92.3 Å². The number of aliphatic hydroxyl groups is 1. The van der Waals surface area contributed by atoms with Gasteiger partial charge in [0.15, 0.2) is 5.75 Å². The summed E-state index contributed by atoms with van der Waals surface area (Å²) in [6.07, 6.45) is 1.31. The fourth-order valence-corrected chi connectivity index (χ4v) is 4.04. The van der Waals surface area contributed by atoms with E-state index in [2.05, 4.69) is 10.6 Å². The van der Waals surface area contributed by atoms with E-state index in [9.17, 15) is 20.0 Å². The number of nitro groups is 1. The largest absolute Gasteiger partial charge is 0.490 e. The molecule has 0 atom stereocenters. The number of rotatable bonds is 6. The van der Waals surface area contributed by atoms with Gasteiger partial charge in [-0.15, -0.1) is 0 Å². The van der Waals surface area contributed by atoms with E-state index < -0.39 is 10.5 Å². The quantitative estimate of drug-likeness (QED) is 0.326. The van der Waals surface area contributed by atoms with Crippen LogP contribution in [0.25, 0.3) is 11.1 Å². The summed E-state index contributed by atoms with van der Waals surface area (Å²) >= 11 is 0. The first-order valence-corrected chi connectivity index (χ1v) is 11.0. The van der Waals surface area contributed by atoms with E-state index in [4.69, 9.17) is 4.74 Å². The Morgan fingerprint density at radius 1 is 1.00 bits per heavy atom. The van der Waals surface area contributed by atoms with Crippen molar-refractivity contribution in [3.63, 3.8) is 0 Å². The molecule has 34 heavy (non-hydrogen) atoms. The van der Waals surface area contributed by atoms with Crippen LogP contribution in [0.15, 0.2) is 48.5 Å². The number of nitrogens with one attached hydrogen (secondary N) is 2. The predicted molar refractivity (Wildman–Crippen MR) is 132 cm³/mol. The zero-order chi connectivity index (χ0) is 24.6. The number of methoxy groups -OCH3 is 1. The Kier molecular flexibility index (Phi) is 6.01. The van der Waals surface area contributed by atoms with Gasteiger partial charge in [0.25, 0.3) is 5.91 Å². The van der Waals surface area contributed by atoms with Crippen LogP contribution in [-0.4, -0.2) is 28.6 Å². The van der Waals surface area contributed by atoms with Crippen LogP contribution in [0.1, 0.15) is 41.8 Å². The predicted octanol–water partition coefficient (Wildman–Crippen LogP) is 5.59. The molecule has 0 fully saturated rings. The summed E-state index contributed by atoms with van der Waals surface area (Å²) in [6, 6.07) is 14.0. The number of benzene rings is 3. The zero-order valence-electron chi connectivity index (χ0n) is 19.6. The Hall–Kier alpha value is -3.91. The summed E-state index contributed by atoms with van der Waals surface area (Å²) in [5.74, 6) is -0.0573. The monoisotopic (exact) mass is 461 g/mol. The molecule has 1 heterocycles. The number of anilines is 3. The fraction of sp³-hybridized carbons (Fsp3) is 0.269. The summed E-state index contributed by atoms with van der Waals surface area (Å²) in [5, 5.41) is 27.7. The molecule has 0 aromatic heterocycles. The molecule has 176 valence electrons. The van der Waals surface area contributed by atoms with Crippen LogP contribution < -0.4 is 15.4 Å². The molecule has 3 aromatic carbocycles. The molecule has 4 rings (SSSR count). The van der Waals surface area contributed by atoms with Gasteiger partial charge in [-0.2, -0.15) is 0 Å². The summed E-state index contributed by atoms with van der Waals surface area (Å²) < 4.78 is 5.20. The highest BCUT2D eigenvalue weighted by Crippen LogP contribution is 2.38. The van der Waals surface area contributed by atoms with Crippen molar-refractivity contribution in [1.29, 1.82) is 0 Å². The lowest BCUT2D eigenvalue weighted by molar-refractivity contribution is -0.385. The van der Waals surface area contributed by atoms with Crippen LogP contribution in [0.2, 0.25) is 0 Å². The highest BCUT2D eigenvalue weighted by molar-refractivity contribution is 6.12. The number of amides is 1. The number of aryl methyl sites for hydroxylation is 2.